The molecule has 2 aliphatic heterocycles. The van der Waals surface area contributed by atoms with Gasteiger partial charge in [-0.15, -0.1) is 0 Å². The molecule has 0 radical (unpaired) electrons. The van der Waals surface area contributed by atoms with Crippen LogP contribution in [-0.4, -0.2) is 48.5 Å². The maximum Gasteiger partial charge on any atom is 0.409 e. The van der Waals surface area contributed by atoms with Crippen LogP contribution in [0.5, 0.6) is 0 Å². The Morgan fingerprint density at radius 3 is 2.52 bits per heavy atom. The molecule has 3 aromatic carbocycles. The number of rotatable bonds is 6. The van der Waals surface area contributed by atoms with Crippen molar-refractivity contribution in [2.24, 2.45) is 0 Å². The first-order chi connectivity index (χ1) is 19.4. The molecule has 5 rings (SSSR count). The average molecular weight is 576 g/mol. The van der Waals surface area contributed by atoms with E-state index in [1.54, 1.807) is 28.9 Å². The number of benzene rings is 3. The lowest BCUT2D eigenvalue weighted by Gasteiger charge is -2.31. The fourth-order valence-corrected chi connectivity index (χ4v) is 6.08. The summed E-state index contributed by atoms with van der Waals surface area (Å²) < 4.78 is 5.06. The number of piperidine rings is 1. The number of nitrogens with zero attached hydrogens (tertiary/aromatic N) is 2. The highest BCUT2D eigenvalue weighted by atomic mass is 35.5. The summed E-state index contributed by atoms with van der Waals surface area (Å²) in [6, 6.07) is 22.6. The summed E-state index contributed by atoms with van der Waals surface area (Å²) in [6.07, 6.45) is 2.92. The lowest BCUT2D eigenvalue weighted by atomic mass is 10.0. The molecule has 40 heavy (non-hydrogen) atoms. The van der Waals surface area contributed by atoms with Crippen molar-refractivity contribution >= 4 is 53.0 Å². The molecule has 0 bridgehead atoms. The Kier molecular flexibility index (Phi) is 8.77. The van der Waals surface area contributed by atoms with Gasteiger partial charge in [0, 0.05) is 34.6 Å². The van der Waals surface area contributed by atoms with Crippen LogP contribution in [0.1, 0.15) is 41.3 Å². The fraction of sp³-hybridized carbons (Fsp3) is 0.258. The van der Waals surface area contributed by atoms with E-state index in [4.69, 9.17) is 16.3 Å². The predicted octanol–water partition coefficient (Wildman–Crippen LogP) is 6.37. The molecular formula is C31H30ClN3O4S. The van der Waals surface area contributed by atoms with Crippen molar-refractivity contribution in [2.45, 2.75) is 37.2 Å². The van der Waals surface area contributed by atoms with E-state index in [0.717, 1.165) is 21.7 Å². The fourth-order valence-electron chi connectivity index (χ4n) is 4.81. The van der Waals surface area contributed by atoms with E-state index >= 15 is 0 Å². The second kappa shape index (κ2) is 12.6. The Morgan fingerprint density at radius 1 is 1.05 bits per heavy atom. The number of halogens is 1. The summed E-state index contributed by atoms with van der Waals surface area (Å²) in [5.74, 6) is -0.238. The number of thioether (sulfide) groups is 1. The summed E-state index contributed by atoms with van der Waals surface area (Å²) in [5.41, 5.74) is 3.20. The van der Waals surface area contributed by atoms with Gasteiger partial charge in [0.15, 0.2) is 0 Å². The van der Waals surface area contributed by atoms with Crippen LogP contribution in [0.4, 0.5) is 10.5 Å². The highest BCUT2D eigenvalue weighted by Crippen LogP contribution is 2.42. The molecule has 0 spiro atoms. The summed E-state index contributed by atoms with van der Waals surface area (Å²) in [7, 11) is 0. The molecule has 0 aliphatic carbocycles. The van der Waals surface area contributed by atoms with Crippen LogP contribution in [0.15, 0.2) is 82.6 Å². The third-order valence-corrected chi connectivity index (χ3v) is 8.20. The number of ether oxygens (including phenoxy) is 1. The van der Waals surface area contributed by atoms with E-state index in [0.29, 0.717) is 54.6 Å². The highest BCUT2D eigenvalue weighted by molar-refractivity contribution is 8.04. The Labute approximate surface area is 243 Å². The maximum atomic E-state index is 13.6. The summed E-state index contributed by atoms with van der Waals surface area (Å²) in [4.78, 5) is 43.4. The molecule has 0 aromatic heterocycles. The van der Waals surface area contributed by atoms with Gasteiger partial charge >= 0.3 is 6.09 Å². The number of carbonyl (C=O) groups excluding carboxylic acids is 3. The lowest BCUT2D eigenvalue weighted by molar-refractivity contribution is -0.114. The first-order valence-electron chi connectivity index (χ1n) is 13.3. The SMILES string of the molecule is CCOC(=O)N1CCC(NC(=O)c2ccc(/C=C3/Sc4ccccc4N(Cc4cccc(Cl)c4)C3=O)cc2)CC1. The van der Waals surface area contributed by atoms with Gasteiger partial charge in [-0.1, -0.05) is 59.8 Å². The number of fused-ring (bicyclic) bond motifs is 1. The van der Waals surface area contributed by atoms with Gasteiger partial charge in [0.2, 0.25) is 0 Å². The van der Waals surface area contributed by atoms with E-state index in [1.165, 1.54) is 11.8 Å². The molecule has 3 amide bonds. The second-order valence-corrected chi connectivity index (χ2v) is 11.2. The molecule has 1 fully saturated rings. The van der Waals surface area contributed by atoms with E-state index in [2.05, 4.69) is 5.32 Å². The van der Waals surface area contributed by atoms with Gasteiger partial charge in [0.1, 0.15) is 0 Å². The van der Waals surface area contributed by atoms with Gasteiger partial charge in [-0.05, 0) is 73.4 Å². The van der Waals surface area contributed by atoms with E-state index < -0.39 is 0 Å². The van der Waals surface area contributed by atoms with Gasteiger partial charge in [-0.2, -0.15) is 0 Å². The molecule has 1 N–H and O–H groups in total. The molecule has 0 saturated carbocycles. The van der Waals surface area contributed by atoms with E-state index in [1.807, 2.05) is 66.7 Å². The standard InChI is InChI=1S/C31H30ClN3O4S/c1-2-39-31(38)34-16-14-25(15-17-34)33-29(36)23-12-10-21(11-13-23)19-28-30(37)35(20-22-6-5-7-24(32)18-22)26-8-3-4-9-27(26)40-28/h3-13,18-19,25H,2,14-17,20H2,1H3,(H,33,36)/b28-19+. The average Bonchev–Trinajstić information content (AvgIpc) is 2.96. The number of hydrogen-bond acceptors (Lipinski definition) is 5. The first kappa shape index (κ1) is 27.8. The quantitative estimate of drug-likeness (QED) is 0.346. The van der Waals surface area contributed by atoms with E-state index in [9.17, 15) is 14.4 Å². The number of para-hydroxylation sites is 1. The molecule has 206 valence electrons. The molecule has 9 heteroatoms. The number of amides is 3. The normalized spacial score (nSPS) is 16.6. The number of likely N-dealkylation sites (tertiary alicyclic amines) is 1. The van der Waals surface area contributed by atoms with Gasteiger partial charge in [0.25, 0.3) is 11.8 Å². The van der Waals surface area contributed by atoms with Crippen LogP contribution in [0.3, 0.4) is 0 Å². The zero-order valence-electron chi connectivity index (χ0n) is 22.1. The molecule has 1 saturated heterocycles. The van der Waals surface area contributed by atoms with Crippen LogP contribution >= 0.6 is 23.4 Å². The van der Waals surface area contributed by atoms with E-state index in [-0.39, 0.29) is 23.9 Å². The van der Waals surface area contributed by atoms with Crippen LogP contribution in [0, 0.1) is 0 Å². The van der Waals surface area contributed by atoms with Crippen molar-refractivity contribution in [3.8, 4) is 0 Å². The summed E-state index contributed by atoms with van der Waals surface area (Å²) >= 11 is 7.63. The van der Waals surface area contributed by atoms with Crippen LogP contribution < -0.4 is 10.2 Å². The Hall–Kier alpha value is -3.75. The topological polar surface area (TPSA) is 79.0 Å². The van der Waals surface area contributed by atoms with Crippen molar-refractivity contribution in [3.63, 3.8) is 0 Å². The zero-order chi connectivity index (χ0) is 28.1. The summed E-state index contributed by atoms with van der Waals surface area (Å²) in [6.45, 7) is 3.66. The number of nitrogens with one attached hydrogen (secondary N) is 1. The molecule has 3 aromatic rings. The van der Waals surface area contributed by atoms with Crippen molar-refractivity contribution in [2.75, 3.05) is 24.6 Å². The minimum absolute atomic E-state index is 0.00165. The largest absolute Gasteiger partial charge is 0.450 e. The first-order valence-corrected chi connectivity index (χ1v) is 14.5. The number of carbonyl (C=O) groups is 3. The maximum absolute atomic E-state index is 13.6. The molecule has 2 aliphatic rings. The van der Waals surface area contributed by atoms with Gasteiger partial charge in [0.05, 0.1) is 23.7 Å². The van der Waals surface area contributed by atoms with Crippen LogP contribution in [0.2, 0.25) is 5.02 Å². The predicted molar refractivity (Wildman–Crippen MR) is 158 cm³/mol. The smallest absolute Gasteiger partial charge is 0.409 e. The molecule has 7 nitrogen and oxygen atoms in total. The minimum Gasteiger partial charge on any atom is -0.450 e. The van der Waals surface area contributed by atoms with Crippen molar-refractivity contribution in [1.29, 1.82) is 0 Å². The van der Waals surface area contributed by atoms with Gasteiger partial charge < -0.3 is 19.9 Å². The highest BCUT2D eigenvalue weighted by Gasteiger charge is 2.29. The van der Waals surface area contributed by atoms with Crippen LogP contribution in [0.25, 0.3) is 6.08 Å². The zero-order valence-corrected chi connectivity index (χ0v) is 23.7. The van der Waals surface area contributed by atoms with Gasteiger partial charge in [-0.3, -0.25) is 9.59 Å². The Bertz CT molecular complexity index is 1430. The second-order valence-electron chi connectivity index (χ2n) is 9.66. The van der Waals surface area contributed by atoms with Crippen molar-refractivity contribution in [1.82, 2.24) is 10.2 Å². The monoisotopic (exact) mass is 575 g/mol. The minimum atomic E-state index is -0.303. The number of anilines is 1. The molecule has 0 atom stereocenters. The Balaban J connectivity index is 1.26. The van der Waals surface area contributed by atoms with Crippen molar-refractivity contribution < 1.29 is 19.1 Å². The molecule has 2 heterocycles. The third kappa shape index (κ3) is 6.51. The molecular weight excluding hydrogens is 546 g/mol. The summed E-state index contributed by atoms with van der Waals surface area (Å²) in [5, 5.41) is 3.70. The van der Waals surface area contributed by atoms with Crippen LogP contribution in [-0.2, 0) is 16.1 Å². The number of hydrogen-bond donors (Lipinski definition) is 1. The third-order valence-electron chi connectivity index (χ3n) is 6.89. The van der Waals surface area contributed by atoms with Gasteiger partial charge in [-0.25, -0.2) is 4.79 Å². The Morgan fingerprint density at radius 2 is 1.80 bits per heavy atom. The molecule has 0 unspecified atom stereocenters. The van der Waals surface area contributed by atoms with Crippen molar-refractivity contribution in [3.05, 3.63) is 99.4 Å². The lowest BCUT2D eigenvalue weighted by Crippen LogP contribution is -2.46.